The molecule has 1 aliphatic heterocycles. The summed E-state index contributed by atoms with van der Waals surface area (Å²) in [6.45, 7) is -1.21. The van der Waals surface area contributed by atoms with Crippen molar-refractivity contribution in [3.8, 4) is 22.5 Å². The van der Waals surface area contributed by atoms with Gasteiger partial charge in [-0.3, -0.25) is 14.2 Å². The first-order valence-electron chi connectivity index (χ1n) is 13.3. The Morgan fingerprint density at radius 2 is 2.00 bits per heavy atom. The van der Waals surface area contributed by atoms with Gasteiger partial charge in [0, 0.05) is 23.7 Å². The summed E-state index contributed by atoms with van der Waals surface area (Å²) in [7, 11) is 0. The number of carbonyl (C=O) groups excluding carboxylic acids is 1. The number of nitrogens with two attached hydrogens (primary N) is 1. The molecule has 1 amide bonds. The van der Waals surface area contributed by atoms with Crippen LogP contribution in [-0.2, 0) is 4.79 Å². The second-order valence-corrected chi connectivity index (χ2v) is 10.9. The van der Waals surface area contributed by atoms with E-state index in [4.69, 9.17) is 28.9 Å². The average Bonchev–Trinajstić information content (AvgIpc) is 3.39. The third kappa shape index (κ3) is 6.25. The molecule has 2 atom stereocenters. The Morgan fingerprint density at radius 1 is 1.21 bits per heavy atom. The van der Waals surface area contributed by atoms with Crippen LogP contribution in [0.3, 0.4) is 0 Å². The van der Waals surface area contributed by atoms with Gasteiger partial charge in [0.15, 0.2) is 5.82 Å². The van der Waals surface area contributed by atoms with E-state index in [2.05, 4.69) is 20.7 Å². The van der Waals surface area contributed by atoms with E-state index in [0.29, 0.717) is 35.1 Å². The van der Waals surface area contributed by atoms with Crippen LogP contribution in [0.2, 0.25) is 5.02 Å². The first-order valence-corrected chi connectivity index (χ1v) is 14.0. The van der Waals surface area contributed by atoms with Crippen LogP contribution in [0.5, 0.6) is 0 Å². The Hall–Kier alpha value is -4.29. The number of rotatable bonds is 5. The number of aromatic nitrogens is 4. The number of nitrogens with one attached hydrogen (secondary N) is 2. The largest absolute Gasteiger partial charge is 0.388 e. The van der Waals surface area contributed by atoms with Crippen LogP contribution in [0.15, 0.2) is 71.1 Å². The predicted octanol–water partition coefficient (Wildman–Crippen LogP) is 6.72. The highest BCUT2D eigenvalue weighted by Gasteiger charge is 2.26. The van der Waals surface area contributed by atoms with Gasteiger partial charge in [-0.05, 0) is 36.6 Å². The van der Waals surface area contributed by atoms with E-state index in [1.165, 1.54) is 41.5 Å². The standard InChI is InChI=1S/C29H26Cl2F3N7O2/c1-15-4-2-7-22(16-5-3-6-17(10-16)27-21(39-28(15)43)12-38-41(27)29(33)34)40-14-37-20(11-24(40)42)25-19(36-13-23(31)35)9-8-18(30)26(25)32/h3,5-6,8-15,22,29,36H,2,4,7,35H2,1H3,(H,39,43)/b23-13-/t15?,22-/m0/s1. The molecule has 0 saturated carbocycles. The summed E-state index contributed by atoms with van der Waals surface area (Å²) >= 11 is 11.7. The van der Waals surface area contributed by atoms with E-state index >= 15 is 4.39 Å². The van der Waals surface area contributed by atoms with E-state index in [-0.39, 0.29) is 44.4 Å². The number of hydrogen-bond acceptors (Lipinski definition) is 6. The highest BCUT2D eigenvalue weighted by Crippen LogP contribution is 2.36. The summed E-state index contributed by atoms with van der Waals surface area (Å²) in [5.74, 6) is -1.56. The number of nitrogens with zero attached hydrogens (tertiary/aromatic N) is 4. The van der Waals surface area contributed by atoms with Gasteiger partial charge in [-0.15, -0.1) is 0 Å². The molecule has 4 N–H and O–H groups in total. The van der Waals surface area contributed by atoms with Crippen molar-refractivity contribution in [1.29, 1.82) is 0 Å². The van der Waals surface area contributed by atoms with Gasteiger partial charge in [0.25, 0.3) is 5.56 Å². The zero-order valence-electron chi connectivity index (χ0n) is 22.7. The van der Waals surface area contributed by atoms with Gasteiger partial charge in [0.2, 0.25) is 5.91 Å². The molecule has 2 bridgehead atoms. The van der Waals surface area contributed by atoms with E-state index < -0.39 is 29.9 Å². The minimum atomic E-state index is -2.95. The fraction of sp³-hybridized carbons (Fsp3) is 0.241. The molecule has 0 fully saturated rings. The third-order valence-corrected chi connectivity index (χ3v) is 7.63. The average molecular weight is 632 g/mol. The molecular formula is C29H26Cl2F3N7O2. The van der Waals surface area contributed by atoms with Crippen molar-refractivity contribution in [2.75, 3.05) is 10.6 Å². The topological polar surface area (TPSA) is 120 Å². The molecule has 0 spiro atoms. The maximum atomic E-state index is 15.2. The Labute approximate surface area is 254 Å². The van der Waals surface area contributed by atoms with Crippen molar-refractivity contribution in [2.45, 2.75) is 38.8 Å². The van der Waals surface area contributed by atoms with Crippen LogP contribution in [0, 0.1) is 11.7 Å². The van der Waals surface area contributed by atoms with Gasteiger partial charge < -0.3 is 16.4 Å². The Balaban J connectivity index is 1.62. The summed E-state index contributed by atoms with van der Waals surface area (Å²) in [5, 5.41) is 9.06. The Morgan fingerprint density at radius 3 is 2.72 bits per heavy atom. The van der Waals surface area contributed by atoms with Crippen molar-refractivity contribution >= 4 is 40.5 Å². The van der Waals surface area contributed by atoms with Gasteiger partial charge in [-0.25, -0.2) is 14.1 Å². The summed E-state index contributed by atoms with van der Waals surface area (Å²) < 4.78 is 45.0. The fourth-order valence-corrected chi connectivity index (χ4v) is 5.31. The lowest BCUT2D eigenvalue weighted by Crippen LogP contribution is -2.26. The zero-order chi connectivity index (χ0) is 30.8. The van der Waals surface area contributed by atoms with Crippen LogP contribution in [-0.4, -0.2) is 25.2 Å². The van der Waals surface area contributed by atoms with E-state index in [1.807, 2.05) is 0 Å². The highest BCUT2D eigenvalue weighted by molar-refractivity contribution is 6.31. The number of halogens is 5. The maximum absolute atomic E-state index is 15.2. The van der Waals surface area contributed by atoms with E-state index in [9.17, 15) is 18.4 Å². The van der Waals surface area contributed by atoms with E-state index in [1.54, 1.807) is 31.2 Å². The smallest absolute Gasteiger partial charge is 0.333 e. The normalized spacial score (nSPS) is 17.6. The number of hydrogen-bond donors (Lipinski definition) is 3. The summed E-state index contributed by atoms with van der Waals surface area (Å²) in [6, 6.07) is 10.2. The van der Waals surface area contributed by atoms with Gasteiger partial charge in [-0.2, -0.15) is 13.9 Å². The molecule has 9 nitrogen and oxygen atoms in total. The molecule has 3 heterocycles. The highest BCUT2D eigenvalue weighted by atomic mass is 35.5. The molecule has 1 unspecified atom stereocenters. The van der Waals surface area contributed by atoms with Crippen LogP contribution >= 0.6 is 23.2 Å². The molecule has 14 heteroatoms. The van der Waals surface area contributed by atoms with Crippen LogP contribution in [0.4, 0.5) is 24.5 Å². The second-order valence-electron chi connectivity index (χ2n) is 10.1. The molecule has 5 rings (SSSR count). The lowest BCUT2D eigenvalue weighted by Gasteiger charge is -2.23. The summed E-state index contributed by atoms with van der Waals surface area (Å²) in [6.07, 6.45) is 5.22. The van der Waals surface area contributed by atoms with Gasteiger partial charge in [0.1, 0.15) is 5.16 Å². The van der Waals surface area contributed by atoms with Gasteiger partial charge in [-0.1, -0.05) is 54.7 Å². The van der Waals surface area contributed by atoms with Crippen molar-refractivity contribution in [3.63, 3.8) is 0 Å². The molecule has 0 saturated heterocycles. The second kappa shape index (κ2) is 12.5. The minimum absolute atomic E-state index is 0.0166. The minimum Gasteiger partial charge on any atom is -0.388 e. The molecule has 0 aliphatic carbocycles. The van der Waals surface area contributed by atoms with Crippen molar-refractivity contribution in [2.24, 2.45) is 11.7 Å². The number of anilines is 2. The van der Waals surface area contributed by atoms with Crippen molar-refractivity contribution in [3.05, 3.63) is 93.1 Å². The van der Waals surface area contributed by atoms with E-state index in [0.717, 1.165) is 0 Å². The number of amides is 1. The molecule has 43 heavy (non-hydrogen) atoms. The number of alkyl halides is 2. The molecule has 224 valence electrons. The van der Waals surface area contributed by atoms with Gasteiger partial charge >= 0.3 is 6.55 Å². The molecule has 2 aromatic heterocycles. The number of carbonyl (C=O) groups is 1. The number of fused-ring (bicyclic) bond motifs is 4. The zero-order valence-corrected chi connectivity index (χ0v) is 24.2. The molecule has 4 aromatic rings. The predicted molar refractivity (Wildman–Crippen MR) is 159 cm³/mol. The van der Waals surface area contributed by atoms with Crippen molar-refractivity contribution < 1.29 is 18.0 Å². The summed E-state index contributed by atoms with van der Waals surface area (Å²) in [5.41, 5.74) is 6.42. The Kier molecular flexibility index (Phi) is 8.79. The maximum Gasteiger partial charge on any atom is 0.333 e. The SMILES string of the molecule is CC1CCC[C@H](n2cnc(-c3c(N/C=C(\N)Cl)ccc(Cl)c3F)cc2=O)c2cccc(c2)-c2c(cnn2C(F)F)NC1=O. The van der Waals surface area contributed by atoms with Crippen LogP contribution < -0.4 is 21.9 Å². The lowest BCUT2D eigenvalue weighted by atomic mass is 9.94. The fourth-order valence-electron chi connectivity index (χ4n) is 5.10. The molecule has 0 radical (unpaired) electrons. The third-order valence-electron chi connectivity index (χ3n) is 7.23. The first kappa shape index (κ1) is 30.2. The summed E-state index contributed by atoms with van der Waals surface area (Å²) in [4.78, 5) is 30.9. The molecule has 2 aromatic carbocycles. The first-order chi connectivity index (χ1) is 20.5. The monoisotopic (exact) mass is 631 g/mol. The van der Waals surface area contributed by atoms with Crippen LogP contribution in [0.1, 0.15) is 44.3 Å². The molecular weight excluding hydrogens is 606 g/mol. The molecule has 1 aliphatic rings. The van der Waals surface area contributed by atoms with Gasteiger partial charge in [0.05, 0.1) is 51.9 Å². The quantitative estimate of drug-likeness (QED) is 0.210. The van der Waals surface area contributed by atoms with Crippen molar-refractivity contribution in [1.82, 2.24) is 19.3 Å². The number of benzene rings is 2. The van der Waals surface area contributed by atoms with Crippen LogP contribution in [0.25, 0.3) is 22.5 Å². The Bertz CT molecular complexity index is 1770. The lowest BCUT2D eigenvalue weighted by molar-refractivity contribution is -0.119.